The number of rotatable bonds is 4. The molecule has 22 heavy (non-hydrogen) atoms. The van der Waals surface area contributed by atoms with Crippen molar-refractivity contribution in [3.8, 4) is 0 Å². The standard InChI is InChI=1S/C14H9ClF2N2O3/c15-13-8(3-2-6-18-13)14(21)22-7-11(20)19-12-9(16)4-1-5-10(12)17/h1-6H,7H2,(H,19,20). The molecule has 2 rings (SSSR count). The number of amides is 1. The summed E-state index contributed by atoms with van der Waals surface area (Å²) >= 11 is 5.69. The summed E-state index contributed by atoms with van der Waals surface area (Å²) in [5, 5.41) is 1.91. The average molecular weight is 327 g/mol. The smallest absolute Gasteiger partial charge is 0.341 e. The third kappa shape index (κ3) is 3.76. The molecule has 1 amide bonds. The van der Waals surface area contributed by atoms with Crippen molar-refractivity contribution in [3.05, 3.63) is 58.9 Å². The first-order valence-electron chi connectivity index (χ1n) is 6.00. The molecular weight excluding hydrogens is 318 g/mol. The Balaban J connectivity index is 1.96. The number of ether oxygens (including phenoxy) is 1. The van der Waals surface area contributed by atoms with E-state index in [1.165, 1.54) is 18.3 Å². The molecule has 0 radical (unpaired) electrons. The van der Waals surface area contributed by atoms with Crippen molar-refractivity contribution in [1.82, 2.24) is 4.98 Å². The number of hydrogen-bond acceptors (Lipinski definition) is 4. The van der Waals surface area contributed by atoms with Crippen molar-refractivity contribution in [1.29, 1.82) is 0 Å². The average Bonchev–Trinajstić information content (AvgIpc) is 2.49. The Kier molecular flexibility index (Phi) is 5.00. The van der Waals surface area contributed by atoms with Crippen LogP contribution in [0.1, 0.15) is 10.4 Å². The number of para-hydroxylation sites is 1. The third-order valence-corrected chi connectivity index (χ3v) is 2.84. The van der Waals surface area contributed by atoms with Gasteiger partial charge in [0.2, 0.25) is 0 Å². The van der Waals surface area contributed by atoms with Crippen molar-refractivity contribution < 1.29 is 23.1 Å². The summed E-state index contributed by atoms with van der Waals surface area (Å²) in [6.45, 7) is -0.724. The number of nitrogens with one attached hydrogen (secondary N) is 1. The zero-order valence-electron chi connectivity index (χ0n) is 11.0. The fourth-order valence-electron chi connectivity index (χ4n) is 1.54. The number of anilines is 1. The van der Waals surface area contributed by atoms with Crippen LogP contribution < -0.4 is 5.32 Å². The Hall–Kier alpha value is -2.54. The molecule has 0 fully saturated rings. The Morgan fingerprint density at radius 1 is 1.18 bits per heavy atom. The van der Waals surface area contributed by atoms with E-state index >= 15 is 0 Å². The minimum absolute atomic E-state index is 0.0194. The maximum atomic E-state index is 13.3. The largest absolute Gasteiger partial charge is 0.452 e. The summed E-state index contributed by atoms with van der Waals surface area (Å²) in [6, 6.07) is 5.97. The van der Waals surface area contributed by atoms with E-state index in [-0.39, 0.29) is 10.7 Å². The number of benzene rings is 1. The predicted molar refractivity (Wildman–Crippen MR) is 74.5 cm³/mol. The van der Waals surface area contributed by atoms with E-state index in [1.54, 1.807) is 0 Å². The summed E-state index contributed by atoms with van der Waals surface area (Å²) in [4.78, 5) is 26.9. The van der Waals surface area contributed by atoms with E-state index in [2.05, 4.69) is 4.98 Å². The van der Waals surface area contributed by atoms with Gasteiger partial charge in [-0.1, -0.05) is 17.7 Å². The second-order valence-corrected chi connectivity index (χ2v) is 4.42. The van der Waals surface area contributed by atoms with Crippen molar-refractivity contribution in [2.24, 2.45) is 0 Å². The molecule has 0 aliphatic heterocycles. The van der Waals surface area contributed by atoms with Crippen LogP contribution in [-0.2, 0) is 9.53 Å². The minimum Gasteiger partial charge on any atom is -0.452 e. The Morgan fingerprint density at radius 3 is 2.50 bits per heavy atom. The van der Waals surface area contributed by atoms with Crippen LogP contribution in [0.3, 0.4) is 0 Å². The maximum Gasteiger partial charge on any atom is 0.341 e. The number of hydrogen-bond donors (Lipinski definition) is 1. The molecule has 0 bridgehead atoms. The van der Waals surface area contributed by atoms with Gasteiger partial charge in [0.1, 0.15) is 22.5 Å². The van der Waals surface area contributed by atoms with Crippen molar-refractivity contribution in [2.75, 3.05) is 11.9 Å². The Morgan fingerprint density at radius 2 is 1.86 bits per heavy atom. The number of esters is 1. The Labute approximate surface area is 128 Å². The number of carbonyl (C=O) groups excluding carboxylic acids is 2. The summed E-state index contributed by atoms with van der Waals surface area (Å²) in [6.07, 6.45) is 1.38. The highest BCUT2D eigenvalue weighted by Crippen LogP contribution is 2.18. The van der Waals surface area contributed by atoms with Gasteiger partial charge in [-0.2, -0.15) is 0 Å². The number of nitrogens with zero attached hydrogens (tertiary/aromatic N) is 1. The monoisotopic (exact) mass is 326 g/mol. The molecule has 1 aromatic carbocycles. The lowest BCUT2D eigenvalue weighted by molar-refractivity contribution is -0.119. The second kappa shape index (κ2) is 6.95. The lowest BCUT2D eigenvalue weighted by Gasteiger charge is -2.08. The molecule has 1 heterocycles. The lowest BCUT2D eigenvalue weighted by Crippen LogP contribution is -2.22. The number of aromatic nitrogens is 1. The van der Waals surface area contributed by atoms with E-state index in [4.69, 9.17) is 16.3 Å². The summed E-state index contributed by atoms with van der Waals surface area (Å²) in [5.74, 6) is -3.63. The van der Waals surface area contributed by atoms with Gasteiger partial charge >= 0.3 is 5.97 Å². The SMILES string of the molecule is O=C(COC(=O)c1cccnc1Cl)Nc1c(F)cccc1F. The van der Waals surface area contributed by atoms with Crippen LogP contribution in [0, 0.1) is 11.6 Å². The van der Waals surface area contributed by atoms with Crippen LogP contribution in [0.15, 0.2) is 36.5 Å². The minimum atomic E-state index is -0.935. The molecule has 0 saturated carbocycles. The molecule has 8 heteroatoms. The normalized spacial score (nSPS) is 10.1. The number of halogens is 3. The van der Waals surface area contributed by atoms with Gasteiger partial charge < -0.3 is 10.1 Å². The highest BCUT2D eigenvalue weighted by atomic mass is 35.5. The molecular formula is C14H9ClF2N2O3. The van der Waals surface area contributed by atoms with Crippen LogP contribution in [-0.4, -0.2) is 23.5 Å². The fourth-order valence-corrected chi connectivity index (χ4v) is 1.74. The van der Waals surface area contributed by atoms with E-state index in [9.17, 15) is 18.4 Å². The summed E-state index contributed by atoms with van der Waals surface area (Å²) in [5.41, 5.74) is -0.628. The van der Waals surface area contributed by atoms with Crippen molar-refractivity contribution >= 4 is 29.2 Å². The zero-order chi connectivity index (χ0) is 16.1. The first-order valence-corrected chi connectivity index (χ1v) is 6.38. The molecule has 2 aromatic rings. The predicted octanol–water partition coefficient (Wildman–Crippen LogP) is 2.81. The zero-order valence-corrected chi connectivity index (χ0v) is 11.7. The summed E-state index contributed by atoms with van der Waals surface area (Å²) in [7, 11) is 0. The Bertz CT molecular complexity index is 705. The maximum absolute atomic E-state index is 13.3. The number of carbonyl (C=O) groups is 2. The highest BCUT2D eigenvalue weighted by molar-refractivity contribution is 6.32. The fraction of sp³-hybridized carbons (Fsp3) is 0.0714. The molecule has 5 nitrogen and oxygen atoms in total. The topological polar surface area (TPSA) is 68.3 Å². The number of pyridine rings is 1. The van der Waals surface area contributed by atoms with Gasteiger partial charge in [0.15, 0.2) is 6.61 Å². The lowest BCUT2D eigenvalue weighted by atomic mass is 10.3. The van der Waals surface area contributed by atoms with Gasteiger partial charge in [-0.3, -0.25) is 4.79 Å². The van der Waals surface area contributed by atoms with Gasteiger partial charge in [0.05, 0.1) is 5.56 Å². The highest BCUT2D eigenvalue weighted by Gasteiger charge is 2.16. The quantitative estimate of drug-likeness (QED) is 0.693. The van der Waals surface area contributed by atoms with Crippen LogP contribution in [0.4, 0.5) is 14.5 Å². The molecule has 0 spiro atoms. The van der Waals surface area contributed by atoms with Crippen LogP contribution >= 0.6 is 11.6 Å². The van der Waals surface area contributed by atoms with E-state index in [1.807, 2.05) is 5.32 Å². The first-order chi connectivity index (χ1) is 10.5. The van der Waals surface area contributed by atoms with Crippen molar-refractivity contribution in [3.63, 3.8) is 0 Å². The van der Waals surface area contributed by atoms with Crippen LogP contribution in [0.25, 0.3) is 0 Å². The van der Waals surface area contributed by atoms with E-state index in [0.29, 0.717) is 0 Å². The van der Waals surface area contributed by atoms with E-state index in [0.717, 1.165) is 18.2 Å². The molecule has 0 saturated heterocycles. The van der Waals surface area contributed by atoms with E-state index < -0.39 is 35.8 Å². The van der Waals surface area contributed by atoms with Gasteiger partial charge in [-0.15, -0.1) is 0 Å². The molecule has 1 aromatic heterocycles. The molecule has 0 aliphatic rings. The molecule has 1 N–H and O–H groups in total. The van der Waals surface area contributed by atoms with Crippen LogP contribution in [0.5, 0.6) is 0 Å². The van der Waals surface area contributed by atoms with Gasteiger partial charge in [-0.05, 0) is 24.3 Å². The van der Waals surface area contributed by atoms with Crippen LogP contribution in [0.2, 0.25) is 5.15 Å². The molecule has 0 unspecified atom stereocenters. The van der Waals surface area contributed by atoms with Crippen molar-refractivity contribution in [2.45, 2.75) is 0 Å². The molecule has 0 atom stereocenters. The van der Waals surface area contributed by atoms with Gasteiger partial charge in [0, 0.05) is 6.20 Å². The van der Waals surface area contributed by atoms with Gasteiger partial charge in [0.25, 0.3) is 5.91 Å². The van der Waals surface area contributed by atoms with Gasteiger partial charge in [-0.25, -0.2) is 18.6 Å². The molecule has 0 aliphatic carbocycles. The second-order valence-electron chi connectivity index (χ2n) is 4.06. The third-order valence-electron chi connectivity index (χ3n) is 2.54. The first kappa shape index (κ1) is 15.8. The summed E-state index contributed by atoms with van der Waals surface area (Å²) < 4.78 is 31.4. The molecule has 114 valence electrons.